The largest absolute Gasteiger partial charge is 0.469 e. The van der Waals surface area contributed by atoms with Crippen molar-refractivity contribution in [3.8, 4) is 0 Å². The van der Waals surface area contributed by atoms with Crippen molar-refractivity contribution in [1.29, 1.82) is 0 Å². The highest BCUT2D eigenvalue weighted by Gasteiger charge is 2.07. The van der Waals surface area contributed by atoms with Crippen LogP contribution in [0.1, 0.15) is 25.1 Å². The Bertz CT molecular complexity index is 305. The van der Waals surface area contributed by atoms with Gasteiger partial charge in [0, 0.05) is 24.5 Å². The summed E-state index contributed by atoms with van der Waals surface area (Å²) in [5.41, 5.74) is 6.80. The van der Waals surface area contributed by atoms with E-state index in [1.54, 1.807) is 0 Å². The van der Waals surface area contributed by atoms with Crippen molar-refractivity contribution in [1.82, 2.24) is 4.57 Å². The Labute approximate surface area is 83.7 Å². The van der Waals surface area contributed by atoms with E-state index in [-0.39, 0.29) is 12.0 Å². The van der Waals surface area contributed by atoms with Gasteiger partial charge in [-0.15, -0.1) is 0 Å². The summed E-state index contributed by atoms with van der Waals surface area (Å²) in [5.74, 6) is -0.200. The van der Waals surface area contributed by atoms with E-state index in [1.165, 1.54) is 7.11 Å². The number of methoxy groups -OCH3 is 1. The molecule has 4 heteroatoms. The van der Waals surface area contributed by atoms with Crippen LogP contribution in [0.5, 0.6) is 0 Å². The molecule has 1 heterocycles. The van der Waals surface area contributed by atoms with Gasteiger partial charge in [-0.3, -0.25) is 4.79 Å². The maximum atomic E-state index is 10.9. The lowest BCUT2D eigenvalue weighted by Gasteiger charge is -2.10. The molecule has 0 fully saturated rings. The first-order valence-electron chi connectivity index (χ1n) is 4.62. The lowest BCUT2D eigenvalue weighted by Crippen LogP contribution is -2.14. The minimum absolute atomic E-state index is 0.0114. The van der Waals surface area contributed by atoms with Gasteiger partial charge in [0.05, 0.1) is 13.5 Å². The molecule has 0 bridgehead atoms. The summed E-state index contributed by atoms with van der Waals surface area (Å²) in [4.78, 5) is 10.9. The van der Waals surface area contributed by atoms with Gasteiger partial charge in [-0.05, 0) is 19.1 Å². The van der Waals surface area contributed by atoms with Crippen molar-refractivity contribution in [2.75, 3.05) is 7.11 Å². The number of esters is 1. The number of rotatable bonds is 4. The topological polar surface area (TPSA) is 57.2 Å². The van der Waals surface area contributed by atoms with Crippen molar-refractivity contribution in [2.45, 2.75) is 25.9 Å². The Morgan fingerprint density at radius 1 is 1.71 bits per heavy atom. The molecular weight excluding hydrogens is 180 g/mol. The van der Waals surface area contributed by atoms with E-state index in [0.717, 1.165) is 5.69 Å². The fraction of sp³-hybridized carbons (Fsp3) is 0.500. The molecule has 1 unspecified atom stereocenters. The van der Waals surface area contributed by atoms with Gasteiger partial charge in [-0.2, -0.15) is 0 Å². The average molecular weight is 196 g/mol. The second kappa shape index (κ2) is 4.81. The van der Waals surface area contributed by atoms with Gasteiger partial charge in [0.2, 0.25) is 0 Å². The van der Waals surface area contributed by atoms with Crippen LogP contribution >= 0.6 is 0 Å². The summed E-state index contributed by atoms with van der Waals surface area (Å²) in [6.45, 7) is 2.54. The molecule has 4 nitrogen and oxygen atoms in total. The van der Waals surface area contributed by atoms with Crippen molar-refractivity contribution >= 4 is 5.97 Å². The van der Waals surface area contributed by atoms with E-state index in [9.17, 15) is 4.79 Å². The highest BCUT2D eigenvalue weighted by atomic mass is 16.5. The SMILES string of the molecule is COC(=O)CCn1cccc1C(C)N. The van der Waals surface area contributed by atoms with Crippen LogP contribution in [0.4, 0.5) is 0 Å². The van der Waals surface area contributed by atoms with Crippen molar-refractivity contribution in [2.24, 2.45) is 5.73 Å². The Morgan fingerprint density at radius 3 is 3.00 bits per heavy atom. The molecule has 0 aliphatic heterocycles. The number of aryl methyl sites for hydroxylation is 1. The van der Waals surface area contributed by atoms with Crippen LogP contribution < -0.4 is 5.73 Å². The zero-order chi connectivity index (χ0) is 10.6. The summed E-state index contributed by atoms with van der Waals surface area (Å²) in [5, 5.41) is 0. The van der Waals surface area contributed by atoms with E-state index < -0.39 is 0 Å². The van der Waals surface area contributed by atoms with Gasteiger partial charge < -0.3 is 15.0 Å². The fourth-order valence-corrected chi connectivity index (χ4v) is 1.36. The summed E-state index contributed by atoms with van der Waals surface area (Å²) in [6, 6.07) is 3.88. The highest BCUT2D eigenvalue weighted by Crippen LogP contribution is 2.11. The van der Waals surface area contributed by atoms with Crippen LogP contribution in [0, 0.1) is 0 Å². The number of carbonyl (C=O) groups excluding carboxylic acids is 1. The number of hydrogen-bond acceptors (Lipinski definition) is 3. The molecule has 1 rings (SSSR count). The molecule has 0 aromatic carbocycles. The molecule has 0 saturated carbocycles. The molecule has 0 amide bonds. The van der Waals surface area contributed by atoms with Crippen LogP contribution in [0.15, 0.2) is 18.3 Å². The van der Waals surface area contributed by atoms with E-state index in [0.29, 0.717) is 13.0 Å². The Hall–Kier alpha value is -1.29. The number of ether oxygens (including phenoxy) is 1. The number of hydrogen-bond donors (Lipinski definition) is 1. The van der Waals surface area contributed by atoms with Gasteiger partial charge in [0.25, 0.3) is 0 Å². The summed E-state index contributed by atoms with van der Waals surface area (Å²) < 4.78 is 6.54. The average Bonchev–Trinajstić information content (AvgIpc) is 2.62. The predicted molar refractivity (Wildman–Crippen MR) is 53.7 cm³/mol. The standard InChI is InChI=1S/C10H16N2O2/c1-8(11)9-4-3-6-12(9)7-5-10(13)14-2/h3-4,6,8H,5,7,11H2,1-2H3. The van der Waals surface area contributed by atoms with Crippen LogP contribution in [0.25, 0.3) is 0 Å². The second-order valence-electron chi connectivity index (χ2n) is 3.24. The monoisotopic (exact) mass is 196 g/mol. The Kier molecular flexibility index (Phi) is 3.71. The normalized spacial score (nSPS) is 12.5. The molecule has 1 aromatic rings. The summed E-state index contributed by atoms with van der Waals surface area (Å²) >= 11 is 0. The lowest BCUT2D eigenvalue weighted by molar-refractivity contribution is -0.140. The number of nitrogens with zero attached hydrogens (tertiary/aromatic N) is 1. The second-order valence-corrected chi connectivity index (χ2v) is 3.24. The van der Waals surface area contributed by atoms with E-state index >= 15 is 0 Å². The van der Waals surface area contributed by atoms with Crippen molar-refractivity contribution in [3.63, 3.8) is 0 Å². The molecular formula is C10H16N2O2. The zero-order valence-corrected chi connectivity index (χ0v) is 8.56. The molecule has 0 aliphatic rings. The van der Waals surface area contributed by atoms with Crippen LogP contribution in [-0.4, -0.2) is 17.6 Å². The quantitative estimate of drug-likeness (QED) is 0.733. The van der Waals surface area contributed by atoms with E-state index in [4.69, 9.17) is 5.73 Å². The van der Waals surface area contributed by atoms with Gasteiger partial charge in [-0.1, -0.05) is 0 Å². The Balaban J connectivity index is 2.58. The molecule has 2 N–H and O–H groups in total. The maximum Gasteiger partial charge on any atom is 0.307 e. The number of aromatic nitrogens is 1. The smallest absolute Gasteiger partial charge is 0.307 e. The van der Waals surface area contributed by atoms with E-state index in [2.05, 4.69) is 4.74 Å². The third-order valence-corrected chi connectivity index (χ3v) is 2.12. The van der Waals surface area contributed by atoms with Gasteiger partial charge in [0.15, 0.2) is 0 Å². The molecule has 0 saturated heterocycles. The third kappa shape index (κ3) is 2.60. The molecule has 1 atom stereocenters. The van der Waals surface area contributed by atoms with Crippen molar-refractivity contribution < 1.29 is 9.53 Å². The maximum absolute atomic E-state index is 10.9. The van der Waals surface area contributed by atoms with Crippen LogP contribution in [0.3, 0.4) is 0 Å². The number of carbonyl (C=O) groups is 1. The first-order valence-corrected chi connectivity index (χ1v) is 4.62. The predicted octanol–water partition coefficient (Wildman–Crippen LogP) is 1.07. The molecule has 0 spiro atoms. The molecule has 1 aromatic heterocycles. The van der Waals surface area contributed by atoms with Crippen LogP contribution in [-0.2, 0) is 16.1 Å². The van der Waals surface area contributed by atoms with Gasteiger partial charge >= 0.3 is 5.97 Å². The van der Waals surface area contributed by atoms with Crippen LogP contribution in [0.2, 0.25) is 0 Å². The lowest BCUT2D eigenvalue weighted by atomic mass is 10.2. The molecule has 14 heavy (non-hydrogen) atoms. The summed E-state index contributed by atoms with van der Waals surface area (Å²) in [6.07, 6.45) is 2.30. The Morgan fingerprint density at radius 2 is 2.43 bits per heavy atom. The minimum atomic E-state index is -0.200. The number of nitrogens with two attached hydrogens (primary N) is 1. The molecule has 0 radical (unpaired) electrons. The van der Waals surface area contributed by atoms with E-state index in [1.807, 2.05) is 29.8 Å². The third-order valence-electron chi connectivity index (χ3n) is 2.12. The highest BCUT2D eigenvalue weighted by molar-refractivity contribution is 5.68. The van der Waals surface area contributed by atoms with Gasteiger partial charge in [-0.25, -0.2) is 0 Å². The van der Waals surface area contributed by atoms with Crippen molar-refractivity contribution in [3.05, 3.63) is 24.0 Å². The molecule has 0 aliphatic carbocycles. The van der Waals surface area contributed by atoms with Gasteiger partial charge in [0.1, 0.15) is 0 Å². The zero-order valence-electron chi connectivity index (χ0n) is 8.56. The summed E-state index contributed by atoms with van der Waals surface area (Å²) in [7, 11) is 1.39. The molecule has 78 valence electrons. The first-order chi connectivity index (χ1) is 6.65. The first kappa shape index (κ1) is 10.8. The fourth-order valence-electron chi connectivity index (χ4n) is 1.36. The minimum Gasteiger partial charge on any atom is -0.469 e.